The van der Waals surface area contributed by atoms with Crippen LogP contribution in [0, 0.1) is 0 Å². The van der Waals surface area contributed by atoms with E-state index in [1.807, 2.05) is 18.2 Å². The van der Waals surface area contributed by atoms with Gasteiger partial charge in [0.15, 0.2) is 0 Å². The normalized spacial score (nSPS) is 18.9. The number of nitrogens with two attached hydrogens (primary N) is 1. The third kappa shape index (κ3) is 1.85. The highest BCUT2D eigenvalue weighted by Gasteiger charge is 2.34. The Labute approximate surface area is 89.6 Å². The van der Waals surface area contributed by atoms with Gasteiger partial charge in [0.25, 0.3) is 0 Å². The van der Waals surface area contributed by atoms with Gasteiger partial charge in [-0.1, -0.05) is 0 Å². The Morgan fingerprint density at radius 2 is 2.20 bits per heavy atom. The highest BCUT2D eigenvalue weighted by atomic mass is 16.5. The second-order valence-electron chi connectivity index (χ2n) is 3.58. The predicted octanol–water partition coefficient (Wildman–Crippen LogP) is 0.851. The molecule has 4 nitrogen and oxygen atoms in total. The van der Waals surface area contributed by atoms with Crippen molar-refractivity contribution in [3.63, 3.8) is 0 Å². The lowest BCUT2D eigenvalue weighted by Crippen LogP contribution is -2.12. The van der Waals surface area contributed by atoms with Gasteiger partial charge in [-0.15, -0.1) is 0 Å². The molecular weight excluding hydrogens is 192 g/mol. The summed E-state index contributed by atoms with van der Waals surface area (Å²) in [7, 11) is 3.33. The van der Waals surface area contributed by atoms with E-state index in [0.717, 1.165) is 23.7 Å². The molecule has 0 radical (unpaired) electrons. The summed E-state index contributed by atoms with van der Waals surface area (Å²) in [5, 5.41) is 0. The van der Waals surface area contributed by atoms with Gasteiger partial charge in [0.1, 0.15) is 11.5 Å². The van der Waals surface area contributed by atoms with Gasteiger partial charge < -0.3 is 20.1 Å². The lowest BCUT2D eigenvalue weighted by Gasteiger charge is -2.12. The van der Waals surface area contributed by atoms with E-state index in [-0.39, 0.29) is 0 Å². The molecule has 0 aliphatic carbocycles. The molecule has 1 aliphatic rings. The molecule has 1 aliphatic heterocycles. The first-order chi connectivity index (χ1) is 7.30. The van der Waals surface area contributed by atoms with Crippen LogP contribution >= 0.6 is 0 Å². The van der Waals surface area contributed by atoms with Crippen molar-refractivity contribution in [2.75, 3.05) is 32.2 Å². The molecular formula is C11H16N2O2. The van der Waals surface area contributed by atoms with Crippen molar-refractivity contribution < 1.29 is 9.47 Å². The van der Waals surface area contributed by atoms with Crippen molar-refractivity contribution in [1.29, 1.82) is 0 Å². The molecule has 0 spiro atoms. The minimum atomic E-state index is 0.450. The van der Waals surface area contributed by atoms with E-state index in [1.54, 1.807) is 14.2 Å². The largest absolute Gasteiger partial charge is 0.497 e. The van der Waals surface area contributed by atoms with Crippen LogP contribution < -0.4 is 20.1 Å². The van der Waals surface area contributed by atoms with Crippen LogP contribution in [0.4, 0.5) is 5.69 Å². The van der Waals surface area contributed by atoms with Gasteiger partial charge in [0.05, 0.1) is 25.9 Å². The first-order valence-electron chi connectivity index (χ1n) is 4.99. The van der Waals surface area contributed by atoms with Gasteiger partial charge in [0.2, 0.25) is 0 Å². The fraction of sp³-hybridized carbons (Fsp3) is 0.455. The first-order valence-corrected chi connectivity index (χ1v) is 4.99. The summed E-state index contributed by atoms with van der Waals surface area (Å²) < 4.78 is 10.5. The van der Waals surface area contributed by atoms with Crippen molar-refractivity contribution in [2.24, 2.45) is 5.73 Å². The van der Waals surface area contributed by atoms with Gasteiger partial charge in [-0.3, -0.25) is 0 Å². The van der Waals surface area contributed by atoms with Crippen LogP contribution in [0.3, 0.4) is 0 Å². The van der Waals surface area contributed by atoms with E-state index in [9.17, 15) is 0 Å². The van der Waals surface area contributed by atoms with Gasteiger partial charge in [-0.2, -0.15) is 0 Å². The average Bonchev–Trinajstić information content (AvgIpc) is 3.07. The molecule has 0 bridgehead atoms. The molecule has 1 unspecified atom stereocenters. The monoisotopic (exact) mass is 208 g/mol. The topological polar surface area (TPSA) is 47.5 Å². The van der Waals surface area contributed by atoms with E-state index >= 15 is 0 Å². The lowest BCUT2D eigenvalue weighted by atomic mass is 10.2. The Morgan fingerprint density at radius 1 is 1.40 bits per heavy atom. The third-order valence-corrected chi connectivity index (χ3v) is 2.68. The molecule has 0 amide bonds. The molecule has 15 heavy (non-hydrogen) atoms. The summed E-state index contributed by atoms with van der Waals surface area (Å²) in [6, 6.07) is 6.24. The smallest absolute Gasteiger partial charge is 0.142 e. The molecule has 1 heterocycles. The number of nitrogens with zero attached hydrogens (tertiary/aromatic N) is 1. The zero-order valence-corrected chi connectivity index (χ0v) is 9.06. The van der Waals surface area contributed by atoms with Crippen LogP contribution in [0.5, 0.6) is 11.5 Å². The van der Waals surface area contributed by atoms with Crippen LogP contribution in [0.1, 0.15) is 0 Å². The number of hydrogen-bond donors (Lipinski definition) is 1. The van der Waals surface area contributed by atoms with Crippen LogP contribution in [0.15, 0.2) is 18.2 Å². The first kappa shape index (κ1) is 10.1. The fourth-order valence-electron chi connectivity index (χ4n) is 1.70. The molecule has 0 aromatic heterocycles. The van der Waals surface area contributed by atoms with E-state index in [0.29, 0.717) is 12.6 Å². The van der Waals surface area contributed by atoms with Crippen LogP contribution in [0.2, 0.25) is 0 Å². The Morgan fingerprint density at radius 3 is 2.73 bits per heavy atom. The summed E-state index contributed by atoms with van der Waals surface area (Å²) >= 11 is 0. The quantitative estimate of drug-likeness (QED) is 0.745. The predicted molar refractivity (Wildman–Crippen MR) is 59.7 cm³/mol. The summed E-state index contributed by atoms with van der Waals surface area (Å²) in [6.45, 7) is 1.68. The molecule has 2 N–H and O–H groups in total. The molecule has 4 heteroatoms. The number of methoxy groups -OCH3 is 2. The minimum Gasteiger partial charge on any atom is -0.497 e. The van der Waals surface area contributed by atoms with E-state index in [4.69, 9.17) is 15.2 Å². The fourth-order valence-corrected chi connectivity index (χ4v) is 1.70. The van der Waals surface area contributed by atoms with Gasteiger partial charge in [-0.25, -0.2) is 0 Å². The number of anilines is 1. The molecule has 2 rings (SSSR count). The number of rotatable bonds is 4. The molecule has 1 fully saturated rings. The van der Waals surface area contributed by atoms with Crippen molar-refractivity contribution in [3.8, 4) is 11.5 Å². The molecule has 1 atom stereocenters. The third-order valence-electron chi connectivity index (χ3n) is 2.68. The van der Waals surface area contributed by atoms with Crippen molar-refractivity contribution in [1.82, 2.24) is 0 Å². The van der Waals surface area contributed by atoms with E-state index in [1.165, 1.54) is 0 Å². The van der Waals surface area contributed by atoms with Crippen molar-refractivity contribution in [2.45, 2.75) is 6.04 Å². The maximum atomic E-state index is 5.61. The lowest BCUT2D eigenvalue weighted by molar-refractivity contribution is 0.404. The standard InChI is InChI=1S/C11H16N2O2/c1-14-9-3-4-11(15-2)10(5-9)13-7-8(13)6-12/h3-5,8H,6-7,12H2,1-2H3. The second kappa shape index (κ2) is 3.98. The molecule has 1 aromatic rings. The Bertz CT molecular complexity index is 354. The molecule has 1 aromatic carbocycles. The summed E-state index contributed by atoms with van der Waals surface area (Å²) in [6.07, 6.45) is 0. The number of hydrogen-bond acceptors (Lipinski definition) is 4. The summed E-state index contributed by atoms with van der Waals surface area (Å²) in [4.78, 5) is 2.21. The minimum absolute atomic E-state index is 0.450. The van der Waals surface area contributed by atoms with Crippen LogP contribution in [0.25, 0.3) is 0 Å². The number of ether oxygens (including phenoxy) is 2. The Hall–Kier alpha value is -1.42. The van der Waals surface area contributed by atoms with E-state index in [2.05, 4.69) is 4.90 Å². The zero-order chi connectivity index (χ0) is 10.8. The zero-order valence-electron chi connectivity index (χ0n) is 9.06. The van der Waals surface area contributed by atoms with Gasteiger partial charge in [0, 0.05) is 19.2 Å². The average molecular weight is 208 g/mol. The van der Waals surface area contributed by atoms with E-state index < -0.39 is 0 Å². The Kier molecular flexibility index (Phi) is 2.68. The van der Waals surface area contributed by atoms with Crippen molar-refractivity contribution >= 4 is 5.69 Å². The van der Waals surface area contributed by atoms with Gasteiger partial charge in [-0.05, 0) is 12.1 Å². The SMILES string of the molecule is COc1ccc(OC)c(N2CC2CN)c1. The van der Waals surface area contributed by atoms with Crippen LogP contribution in [-0.4, -0.2) is 33.4 Å². The maximum Gasteiger partial charge on any atom is 0.142 e. The summed E-state index contributed by atoms with van der Waals surface area (Å²) in [5.74, 6) is 1.71. The van der Waals surface area contributed by atoms with Crippen molar-refractivity contribution in [3.05, 3.63) is 18.2 Å². The van der Waals surface area contributed by atoms with Gasteiger partial charge >= 0.3 is 0 Å². The molecule has 1 saturated heterocycles. The highest BCUT2D eigenvalue weighted by molar-refractivity contribution is 5.66. The molecule has 82 valence electrons. The summed E-state index contributed by atoms with van der Waals surface area (Å²) in [5.41, 5.74) is 6.67. The molecule has 0 saturated carbocycles. The Balaban J connectivity index is 2.27. The maximum absolute atomic E-state index is 5.61. The van der Waals surface area contributed by atoms with Crippen LogP contribution in [-0.2, 0) is 0 Å². The highest BCUT2D eigenvalue weighted by Crippen LogP contribution is 2.38. The second-order valence-corrected chi connectivity index (χ2v) is 3.58. The number of benzene rings is 1.